The largest absolute Gasteiger partial charge is 0.278 e. The molecule has 0 aromatic rings. The molecule has 1 atom stereocenters. The molecule has 0 amide bonds. The van der Waals surface area contributed by atoms with Crippen LogP contribution in [0.1, 0.15) is 13.3 Å². The summed E-state index contributed by atoms with van der Waals surface area (Å²) in [5, 5.41) is -0.900. The zero-order chi connectivity index (χ0) is 5.86. The lowest BCUT2D eigenvalue weighted by molar-refractivity contribution is -0.116. The van der Waals surface area contributed by atoms with E-state index in [-0.39, 0.29) is 6.42 Å². The summed E-state index contributed by atoms with van der Waals surface area (Å²) < 4.78 is 11.8. The SMILES string of the molecule is CCC(F)C(=O)Cl. The molecule has 1 unspecified atom stereocenters. The first kappa shape index (κ1) is 6.89. The van der Waals surface area contributed by atoms with Crippen LogP contribution < -0.4 is 0 Å². The van der Waals surface area contributed by atoms with Gasteiger partial charge < -0.3 is 0 Å². The van der Waals surface area contributed by atoms with Gasteiger partial charge in [-0.2, -0.15) is 0 Å². The van der Waals surface area contributed by atoms with E-state index in [4.69, 9.17) is 11.6 Å². The predicted octanol–water partition coefficient (Wildman–Crippen LogP) is 1.50. The molecule has 0 fully saturated rings. The van der Waals surface area contributed by atoms with E-state index in [1.54, 1.807) is 6.92 Å². The van der Waals surface area contributed by atoms with Crippen LogP contribution in [-0.4, -0.2) is 11.4 Å². The Morgan fingerprint density at radius 1 is 2.00 bits per heavy atom. The normalized spacial score (nSPS) is 13.6. The Bertz CT molecular complexity index is 74.1. The van der Waals surface area contributed by atoms with Gasteiger partial charge in [-0.3, -0.25) is 4.79 Å². The monoisotopic (exact) mass is 124 g/mol. The van der Waals surface area contributed by atoms with Crippen molar-refractivity contribution in [1.82, 2.24) is 0 Å². The molecule has 0 aliphatic heterocycles. The van der Waals surface area contributed by atoms with E-state index in [1.807, 2.05) is 0 Å². The lowest BCUT2D eigenvalue weighted by Crippen LogP contribution is -2.05. The molecular formula is C4H6ClFO. The number of rotatable bonds is 2. The van der Waals surface area contributed by atoms with E-state index in [9.17, 15) is 9.18 Å². The maximum atomic E-state index is 11.8. The van der Waals surface area contributed by atoms with Crippen LogP contribution in [0.3, 0.4) is 0 Å². The molecule has 0 bridgehead atoms. The summed E-state index contributed by atoms with van der Waals surface area (Å²) in [5.41, 5.74) is 0. The van der Waals surface area contributed by atoms with Crippen LogP contribution in [0.5, 0.6) is 0 Å². The van der Waals surface area contributed by atoms with Crippen LogP contribution in [0.2, 0.25) is 0 Å². The number of hydrogen-bond acceptors (Lipinski definition) is 1. The van der Waals surface area contributed by atoms with E-state index in [0.717, 1.165) is 0 Å². The van der Waals surface area contributed by atoms with Crippen molar-refractivity contribution >= 4 is 16.8 Å². The summed E-state index contributed by atoms with van der Waals surface area (Å²) in [6.45, 7) is 1.56. The molecule has 0 spiro atoms. The highest BCUT2D eigenvalue weighted by molar-refractivity contribution is 6.64. The van der Waals surface area contributed by atoms with Crippen LogP contribution in [0.15, 0.2) is 0 Å². The molecule has 0 N–H and O–H groups in total. The maximum Gasteiger partial charge on any atom is 0.255 e. The summed E-state index contributed by atoms with van der Waals surface area (Å²) in [7, 11) is 0. The Hall–Kier alpha value is -0.110. The van der Waals surface area contributed by atoms with Crippen molar-refractivity contribution in [3.8, 4) is 0 Å². The molecule has 0 saturated heterocycles. The van der Waals surface area contributed by atoms with Gasteiger partial charge in [0.25, 0.3) is 5.24 Å². The Kier molecular flexibility index (Phi) is 2.92. The number of hydrogen-bond donors (Lipinski definition) is 0. The average Bonchev–Trinajstić information content (AvgIpc) is 1.65. The molecule has 0 saturated carbocycles. The molecule has 0 heterocycles. The van der Waals surface area contributed by atoms with E-state index in [2.05, 4.69) is 0 Å². The molecule has 7 heavy (non-hydrogen) atoms. The highest BCUT2D eigenvalue weighted by atomic mass is 35.5. The topological polar surface area (TPSA) is 17.1 Å². The van der Waals surface area contributed by atoms with Gasteiger partial charge in [-0.1, -0.05) is 6.92 Å². The van der Waals surface area contributed by atoms with E-state index in [0.29, 0.717) is 0 Å². The summed E-state index contributed by atoms with van der Waals surface area (Å²) in [5.74, 6) is 0. The zero-order valence-electron chi connectivity index (χ0n) is 3.95. The van der Waals surface area contributed by atoms with Crippen molar-refractivity contribution in [2.75, 3.05) is 0 Å². The number of carbonyl (C=O) groups is 1. The fourth-order valence-corrected chi connectivity index (χ4v) is 0.315. The average molecular weight is 125 g/mol. The van der Waals surface area contributed by atoms with E-state index in [1.165, 1.54) is 0 Å². The highest BCUT2D eigenvalue weighted by Gasteiger charge is 2.09. The van der Waals surface area contributed by atoms with Crippen molar-refractivity contribution < 1.29 is 9.18 Å². The maximum absolute atomic E-state index is 11.8. The highest BCUT2D eigenvalue weighted by Crippen LogP contribution is 1.99. The van der Waals surface area contributed by atoms with Gasteiger partial charge in [-0.15, -0.1) is 0 Å². The second kappa shape index (κ2) is 2.97. The van der Waals surface area contributed by atoms with Crippen LogP contribution in [-0.2, 0) is 4.79 Å². The van der Waals surface area contributed by atoms with Crippen molar-refractivity contribution in [3.63, 3.8) is 0 Å². The molecule has 3 heteroatoms. The second-order valence-corrected chi connectivity index (χ2v) is 1.55. The van der Waals surface area contributed by atoms with Gasteiger partial charge in [0.2, 0.25) is 0 Å². The third-order valence-electron chi connectivity index (χ3n) is 0.605. The molecule has 0 aromatic heterocycles. The first-order valence-corrected chi connectivity index (χ1v) is 2.39. The van der Waals surface area contributed by atoms with Gasteiger partial charge in [-0.25, -0.2) is 4.39 Å². The summed E-state index contributed by atoms with van der Waals surface area (Å²) in [4.78, 5) is 9.77. The second-order valence-electron chi connectivity index (χ2n) is 1.18. The van der Waals surface area contributed by atoms with Crippen LogP contribution >= 0.6 is 11.6 Å². The summed E-state index contributed by atoms with van der Waals surface area (Å²) >= 11 is 4.71. The van der Waals surface area contributed by atoms with Crippen molar-refractivity contribution in [1.29, 1.82) is 0 Å². The number of carbonyl (C=O) groups excluding carboxylic acids is 1. The number of alkyl halides is 1. The zero-order valence-corrected chi connectivity index (χ0v) is 4.70. The molecule has 0 aliphatic carbocycles. The Morgan fingerprint density at radius 3 is 2.43 bits per heavy atom. The molecule has 42 valence electrons. The van der Waals surface area contributed by atoms with Gasteiger partial charge in [0.1, 0.15) is 0 Å². The Labute approximate surface area is 46.5 Å². The first-order valence-electron chi connectivity index (χ1n) is 2.02. The standard InChI is InChI=1S/C4H6ClFO/c1-2-3(6)4(5)7/h3H,2H2,1H3. The summed E-state index contributed by atoms with van der Waals surface area (Å²) in [6, 6.07) is 0. The smallest absolute Gasteiger partial charge is 0.255 e. The molecule has 1 nitrogen and oxygen atoms in total. The van der Waals surface area contributed by atoms with Gasteiger partial charge in [0, 0.05) is 0 Å². The van der Waals surface area contributed by atoms with Gasteiger partial charge in [0.05, 0.1) is 0 Å². The van der Waals surface area contributed by atoms with Crippen molar-refractivity contribution in [2.24, 2.45) is 0 Å². The third-order valence-corrected chi connectivity index (χ3v) is 0.841. The minimum Gasteiger partial charge on any atom is -0.278 e. The first-order chi connectivity index (χ1) is 3.18. The van der Waals surface area contributed by atoms with Gasteiger partial charge >= 0.3 is 0 Å². The van der Waals surface area contributed by atoms with Crippen LogP contribution in [0.25, 0.3) is 0 Å². The van der Waals surface area contributed by atoms with Gasteiger partial charge in [-0.05, 0) is 18.0 Å². The lowest BCUT2D eigenvalue weighted by Gasteiger charge is -1.91. The Morgan fingerprint density at radius 2 is 2.43 bits per heavy atom. The molecule has 0 rings (SSSR count). The molecule has 0 radical (unpaired) electrons. The quantitative estimate of drug-likeness (QED) is 0.510. The number of halogens is 2. The van der Waals surface area contributed by atoms with E-state index < -0.39 is 11.4 Å². The van der Waals surface area contributed by atoms with Crippen molar-refractivity contribution in [3.05, 3.63) is 0 Å². The fraction of sp³-hybridized carbons (Fsp3) is 0.750. The molecular weight excluding hydrogens is 118 g/mol. The minimum atomic E-state index is -1.47. The van der Waals surface area contributed by atoms with Crippen LogP contribution in [0.4, 0.5) is 4.39 Å². The van der Waals surface area contributed by atoms with Crippen molar-refractivity contribution in [2.45, 2.75) is 19.5 Å². The minimum absolute atomic E-state index is 0.169. The molecule has 0 aromatic carbocycles. The van der Waals surface area contributed by atoms with E-state index >= 15 is 0 Å². The van der Waals surface area contributed by atoms with Gasteiger partial charge in [0.15, 0.2) is 6.17 Å². The van der Waals surface area contributed by atoms with Crippen LogP contribution in [0, 0.1) is 0 Å². The fourth-order valence-electron chi connectivity index (χ4n) is 0.160. The Balaban J connectivity index is 3.34. The predicted molar refractivity (Wildman–Crippen MR) is 26.0 cm³/mol. The lowest BCUT2D eigenvalue weighted by atomic mass is 10.3. The summed E-state index contributed by atoms with van der Waals surface area (Å²) in [6.07, 6.45) is -1.30. The third kappa shape index (κ3) is 2.57. The molecule has 0 aliphatic rings.